The smallest absolute Gasteiger partial charge is 0.119 e. The first-order chi connectivity index (χ1) is 8.36. The molecule has 0 saturated heterocycles. The van der Waals surface area contributed by atoms with Crippen molar-refractivity contribution >= 4 is 11.3 Å². The Bertz CT molecular complexity index is 265. The maximum atomic E-state index is 5.44. The summed E-state index contributed by atoms with van der Waals surface area (Å²) in [7, 11) is 0. The maximum absolute atomic E-state index is 5.44. The van der Waals surface area contributed by atoms with Crippen LogP contribution in [0.5, 0.6) is 0 Å². The first-order valence-corrected chi connectivity index (χ1v) is 7.28. The van der Waals surface area contributed by atoms with Crippen LogP contribution in [-0.4, -0.2) is 36.5 Å². The van der Waals surface area contributed by atoms with Crippen molar-refractivity contribution in [2.45, 2.75) is 39.5 Å². The molecule has 4 nitrogen and oxygen atoms in total. The van der Waals surface area contributed by atoms with Gasteiger partial charge in [0.1, 0.15) is 10.0 Å². The third-order valence-electron chi connectivity index (χ3n) is 2.26. The molecule has 1 rings (SSSR count). The van der Waals surface area contributed by atoms with Gasteiger partial charge in [-0.2, -0.15) is 0 Å². The van der Waals surface area contributed by atoms with Crippen LogP contribution in [0.25, 0.3) is 0 Å². The average molecular weight is 257 g/mol. The van der Waals surface area contributed by atoms with Crippen molar-refractivity contribution in [2.24, 2.45) is 0 Å². The molecular formula is C12H23N3OS. The fourth-order valence-corrected chi connectivity index (χ4v) is 2.22. The molecule has 0 unspecified atom stereocenters. The van der Waals surface area contributed by atoms with E-state index in [1.165, 1.54) is 6.42 Å². The fraction of sp³-hybridized carbons (Fsp3) is 0.833. The molecule has 0 saturated carbocycles. The van der Waals surface area contributed by atoms with Crippen LogP contribution in [0.3, 0.4) is 0 Å². The van der Waals surface area contributed by atoms with E-state index in [1.807, 2.05) is 0 Å². The summed E-state index contributed by atoms with van der Waals surface area (Å²) in [6, 6.07) is 0. The van der Waals surface area contributed by atoms with Crippen molar-refractivity contribution in [2.75, 3.05) is 26.3 Å². The van der Waals surface area contributed by atoms with Gasteiger partial charge in [0.05, 0.1) is 6.61 Å². The summed E-state index contributed by atoms with van der Waals surface area (Å²) in [4.78, 5) is 0. The zero-order chi connectivity index (χ0) is 12.3. The van der Waals surface area contributed by atoms with E-state index in [9.17, 15) is 0 Å². The molecule has 1 aromatic rings. The van der Waals surface area contributed by atoms with Crippen molar-refractivity contribution in [3.05, 3.63) is 10.0 Å². The van der Waals surface area contributed by atoms with E-state index in [4.69, 9.17) is 4.74 Å². The van der Waals surface area contributed by atoms with Gasteiger partial charge in [-0.25, -0.2) is 0 Å². The molecule has 0 aromatic carbocycles. The van der Waals surface area contributed by atoms with Gasteiger partial charge in [-0.15, -0.1) is 21.5 Å². The van der Waals surface area contributed by atoms with Crippen LogP contribution >= 0.6 is 11.3 Å². The van der Waals surface area contributed by atoms with Crippen LogP contribution in [0.2, 0.25) is 0 Å². The Morgan fingerprint density at radius 3 is 2.47 bits per heavy atom. The van der Waals surface area contributed by atoms with E-state index >= 15 is 0 Å². The minimum atomic E-state index is 0.760. The van der Waals surface area contributed by atoms with Gasteiger partial charge in [-0.1, -0.05) is 13.8 Å². The number of nitrogens with zero attached hydrogens (tertiary/aromatic N) is 2. The SMILES string of the molecule is CCCNCCc1nnc(CCOCCC)s1. The van der Waals surface area contributed by atoms with E-state index in [1.54, 1.807) is 11.3 Å². The zero-order valence-corrected chi connectivity index (χ0v) is 11.7. The Morgan fingerprint density at radius 2 is 1.76 bits per heavy atom. The molecule has 17 heavy (non-hydrogen) atoms. The monoisotopic (exact) mass is 257 g/mol. The average Bonchev–Trinajstić information content (AvgIpc) is 2.78. The van der Waals surface area contributed by atoms with Gasteiger partial charge in [0.2, 0.25) is 0 Å². The summed E-state index contributed by atoms with van der Waals surface area (Å²) in [5.74, 6) is 0. The minimum Gasteiger partial charge on any atom is -0.381 e. The maximum Gasteiger partial charge on any atom is 0.119 e. The molecule has 0 atom stereocenters. The van der Waals surface area contributed by atoms with E-state index in [0.29, 0.717) is 0 Å². The van der Waals surface area contributed by atoms with Gasteiger partial charge in [-0.3, -0.25) is 0 Å². The second-order valence-electron chi connectivity index (χ2n) is 3.95. The van der Waals surface area contributed by atoms with Crippen LogP contribution in [0.1, 0.15) is 36.7 Å². The van der Waals surface area contributed by atoms with Gasteiger partial charge in [0.25, 0.3) is 0 Å². The summed E-state index contributed by atoms with van der Waals surface area (Å²) in [6.45, 7) is 7.97. The molecule has 0 aliphatic heterocycles. The molecular weight excluding hydrogens is 234 g/mol. The largest absolute Gasteiger partial charge is 0.381 e. The Kier molecular flexibility index (Phi) is 8.13. The van der Waals surface area contributed by atoms with Crippen molar-refractivity contribution < 1.29 is 4.74 Å². The highest BCUT2D eigenvalue weighted by Crippen LogP contribution is 2.10. The first-order valence-electron chi connectivity index (χ1n) is 6.46. The van der Waals surface area contributed by atoms with Crippen LogP contribution in [0.15, 0.2) is 0 Å². The second kappa shape index (κ2) is 9.50. The molecule has 98 valence electrons. The lowest BCUT2D eigenvalue weighted by molar-refractivity contribution is 0.138. The van der Waals surface area contributed by atoms with Crippen LogP contribution in [0.4, 0.5) is 0 Å². The molecule has 1 aromatic heterocycles. The quantitative estimate of drug-likeness (QED) is 0.652. The van der Waals surface area contributed by atoms with Crippen LogP contribution in [0, 0.1) is 0 Å². The molecule has 0 spiro atoms. The Labute approximate surface area is 108 Å². The van der Waals surface area contributed by atoms with Gasteiger partial charge in [0, 0.05) is 26.0 Å². The Morgan fingerprint density at radius 1 is 1.00 bits per heavy atom. The molecule has 1 heterocycles. The Hall–Kier alpha value is -0.520. The summed E-state index contributed by atoms with van der Waals surface area (Å²) < 4.78 is 5.44. The van der Waals surface area contributed by atoms with Crippen LogP contribution < -0.4 is 5.32 Å². The zero-order valence-electron chi connectivity index (χ0n) is 10.9. The molecule has 1 N–H and O–H groups in total. The highest BCUT2D eigenvalue weighted by molar-refractivity contribution is 7.11. The fourth-order valence-electron chi connectivity index (χ4n) is 1.39. The Balaban J connectivity index is 2.14. The molecule has 5 heteroatoms. The van der Waals surface area contributed by atoms with E-state index in [0.717, 1.165) is 55.6 Å². The molecule has 0 fully saturated rings. The third kappa shape index (κ3) is 6.71. The van der Waals surface area contributed by atoms with Crippen LogP contribution in [-0.2, 0) is 17.6 Å². The van der Waals surface area contributed by atoms with E-state index < -0.39 is 0 Å². The van der Waals surface area contributed by atoms with Crippen molar-refractivity contribution in [1.82, 2.24) is 15.5 Å². The molecule has 0 amide bonds. The number of rotatable bonds is 10. The third-order valence-corrected chi connectivity index (χ3v) is 3.30. The number of nitrogens with one attached hydrogen (secondary N) is 1. The lowest BCUT2D eigenvalue weighted by atomic mass is 10.4. The van der Waals surface area contributed by atoms with E-state index in [-0.39, 0.29) is 0 Å². The summed E-state index contributed by atoms with van der Waals surface area (Å²) >= 11 is 1.71. The van der Waals surface area contributed by atoms with Gasteiger partial charge < -0.3 is 10.1 Å². The lowest BCUT2D eigenvalue weighted by Crippen LogP contribution is -2.17. The minimum absolute atomic E-state index is 0.760. The number of hydrogen-bond acceptors (Lipinski definition) is 5. The number of aromatic nitrogens is 2. The van der Waals surface area contributed by atoms with Gasteiger partial charge in [0.15, 0.2) is 0 Å². The van der Waals surface area contributed by atoms with E-state index in [2.05, 4.69) is 29.4 Å². The summed E-state index contributed by atoms with van der Waals surface area (Å²) in [5, 5.41) is 13.9. The van der Waals surface area contributed by atoms with Crippen molar-refractivity contribution in [3.8, 4) is 0 Å². The summed E-state index contributed by atoms with van der Waals surface area (Å²) in [5.41, 5.74) is 0. The molecule has 0 aliphatic rings. The topological polar surface area (TPSA) is 47.0 Å². The standard InChI is InChI=1S/C12H23N3OS/c1-3-7-13-8-5-11-14-15-12(17-11)6-10-16-9-4-2/h13H,3-10H2,1-2H3. The predicted molar refractivity (Wildman–Crippen MR) is 71.6 cm³/mol. The molecule has 0 bridgehead atoms. The summed E-state index contributed by atoms with van der Waals surface area (Å²) in [6.07, 6.45) is 4.12. The molecule has 0 aliphatic carbocycles. The van der Waals surface area contributed by atoms with Crippen molar-refractivity contribution in [1.29, 1.82) is 0 Å². The highest BCUT2D eigenvalue weighted by Gasteiger charge is 2.03. The lowest BCUT2D eigenvalue weighted by Gasteiger charge is -1.99. The number of hydrogen-bond donors (Lipinski definition) is 1. The van der Waals surface area contributed by atoms with Gasteiger partial charge >= 0.3 is 0 Å². The molecule has 0 radical (unpaired) electrons. The first kappa shape index (κ1) is 14.5. The van der Waals surface area contributed by atoms with Crippen molar-refractivity contribution in [3.63, 3.8) is 0 Å². The second-order valence-corrected chi connectivity index (χ2v) is 5.10. The van der Waals surface area contributed by atoms with Gasteiger partial charge in [-0.05, 0) is 19.4 Å². The number of ether oxygens (including phenoxy) is 1. The highest BCUT2D eigenvalue weighted by atomic mass is 32.1. The predicted octanol–water partition coefficient (Wildman–Crippen LogP) is 2.05. The normalized spacial score (nSPS) is 10.9.